The first kappa shape index (κ1) is 22.7. The molecule has 33 heavy (non-hydrogen) atoms. The van der Waals surface area contributed by atoms with Crippen LogP contribution in [-0.2, 0) is 17.9 Å². The highest BCUT2D eigenvalue weighted by Crippen LogP contribution is 2.15. The number of carbonyl (C=O) groups excluding carboxylic acids is 1. The van der Waals surface area contributed by atoms with Crippen LogP contribution in [-0.4, -0.2) is 55.2 Å². The number of piperazine rings is 1. The maximum absolute atomic E-state index is 12.5. The Hall–Kier alpha value is -3.48. The highest BCUT2D eigenvalue weighted by molar-refractivity contribution is 6.04. The van der Waals surface area contributed by atoms with E-state index in [1.807, 2.05) is 24.3 Å². The zero-order valence-corrected chi connectivity index (χ0v) is 19.0. The third-order valence-electron chi connectivity index (χ3n) is 5.81. The van der Waals surface area contributed by atoms with E-state index in [-0.39, 0.29) is 5.91 Å². The Kier molecular flexibility index (Phi) is 7.85. The topological polar surface area (TPSA) is 57.2 Å². The first-order chi connectivity index (χ1) is 16.2. The van der Waals surface area contributed by atoms with E-state index < -0.39 is 0 Å². The zero-order valence-electron chi connectivity index (χ0n) is 19.0. The van der Waals surface area contributed by atoms with Crippen LogP contribution in [0, 0.1) is 0 Å². The molecule has 3 aromatic rings. The Labute approximate surface area is 195 Å². The van der Waals surface area contributed by atoms with Crippen LogP contribution in [0.4, 0.5) is 5.69 Å². The largest absolute Gasteiger partial charge is 0.399 e. The molecular formula is C27H30N4O2. The van der Waals surface area contributed by atoms with Crippen molar-refractivity contribution in [3.63, 3.8) is 0 Å². The van der Waals surface area contributed by atoms with Crippen molar-refractivity contribution in [2.24, 2.45) is 5.16 Å². The molecule has 0 aromatic heterocycles. The number of benzene rings is 3. The fourth-order valence-electron chi connectivity index (χ4n) is 3.94. The average molecular weight is 443 g/mol. The van der Waals surface area contributed by atoms with Crippen molar-refractivity contribution in [1.29, 1.82) is 0 Å². The fraction of sp³-hybridized carbons (Fsp3) is 0.259. The molecule has 1 aliphatic rings. The number of hydrogen-bond donors (Lipinski definition) is 1. The summed E-state index contributed by atoms with van der Waals surface area (Å²) in [5.41, 5.74) is 4.90. The van der Waals surface area contributed by atoms with Gasteiger partial charge in [0.15, 0.2) is 0 Å². The second-order valence-electron chi connectivity index (χ2n) is 8.23. The van der Waals surface area contributed by atoms with Crippen LogP contribution in [0.3, 0.4) is 0 Å². The molecule has 0 radical (unpaired) electrons. The Morgan fingerprint density at radius 2 is 1.42 bits per heavy atom. The molecule has 6 heteroatoms. The second-order valence-corrected chi connectivity index (χ2v) is 8.23. The molecule has 0 aliphatic carbocycles. The van der Waals surface area contributed by atoms with Crippen LogP contribution >= 0.6 is 0 Å². The molecular weight excluding hydrogens is 412 g/mol. The summed E-state index contributed by atoms with van der Waals surface area (Å²) >= 11 is 0. The van der Waals surface area contributed by atoms with Gasteiger partial charge in [0.2, 0.25) is 0 Å². The monoisotopic (exact) mass is 442 g/mol. The summed E-state index contributed by atoms with van der Waals surface area (Å²) in [5, 5.41) is 6.69. The Morgan fingerprint density at radius 1 is 0.848 bits per heavy atom. The molecule has 0 spiro atoms. The van der Waals surface area contributed by atoms with Crippen molar-refractivity contribution in [3.8, 4) is 0 Å². The molecule has 4 rings (SSSR count). The number of nitrogens with one attached hydrogen (secondary N) is 1. The normalized spacial score (nSPS) is 14.9. The van der Waals surface area contributed by atoms with Gasteiger partial charge in [0, 0.05) is 50.5 Å². The molecule has 0 unspecified atom stereocenters. The zero-order chi connectivity index (χ0) is 22.9. The van der Waals surface area contributed by atoms with Crippen molar-refractivity contribution in [1.82, 2.24) is 9.80 Å². The van der Waals surface area contributed by atoms with E-state index >= 15 is 0 Å². The highest BCUT2D eigenvalue weighted by atomic mass is 16.6. The minimum atomic E-state index is -0.132. The van der Waals surface area contributed by atoms with E-state index in [0.29, 0.717) is 5.56 Å². The van der Waals surface area contributed by atoms with Crippen molar-refractivity contribution >= 4 is 17.8 Å². The van der Waals surface area contributed by atoms with Gasteiger partial charge in [-0.25, -0.2) is 0 Å². The lowest BCUT2D eigenvalue weighted by molar-refractivity contribution is 0.102. The number of oxime groups is 1. The molecule has 0 atom stereocenters. The molecule has 0 saturated carbocycles. The lowest BCUT2D eigenvalue weighted by Crippen LogP contribution is -2.45. The second kappa shape index (κ2) is 11.4. The Morgan fingerprint density at radius 3 is 2.00 bits per heavy atom. The summed E-state index contributed by atoms with van der Waals surface area (Å²) < 4.78 is 0. The molecule has 1 fully saturated rings. The standard InChI is InChI=1S/C27H30N4O2/c1-33-28-19-22-7-11-25(12-8-22)27(32)29-26-13-9-24(10-14-26)21-31-17-15-30(16-18-31)20-23-5-3-2-4-6-23/h2-14,19H,15-18,20-21H2,1H3,(H,29,32)/b28-19+. The smallest absolute Gasteiger partial charge is 0.255 e. The van der Waals surface area contributed by atoms with Gasteiger partial charge >= 0.3 is 0 Å². The summed E-state index contributed by atoms with van der Waals surface area (Å²) in [6, 6.07) is 26.0. The van der Waals surface area contributed by atoms with Crippen LogP contribution in [0.15, 0.2) is 84.0 Å². The van der Waals surface area contributed by atoms with Crippen LogP contribution in [0.1, 0.15) is 27.0 Å². The number of carbonyl (C=O) groups is 1. The van der Waals surface area contributed by atoms with Gasteiger partial charge < -0.3 is 10.2 Å². The SMILES string of the molecule is CO/N=C/c1ccc(C(=O)Nc2ccc(CN3CCN(Cc4ccccc4)CC3)cc2)cc1. The Balaban J connectivity index is 1.24. The summed E-state index contributed by atoms with van der Waals surface area (Å²) in [6.07, 6.45) is 1.60. The van der Waals surface area contributed by atoms with Gasteiger partial charge in [-0.2, -0.15) is 0 Å². The third kappa shape index (κ3) is 6.75. The van der Waals surface area contributed by atoms with Crippen molar-refractivity contribution in [2.75, 3.05) is 38.6 Å². The molecule has 3 aromatic carbocycles. The lowest BCUT2D eigenvalue weighted by Gasteiger charge is -2.34. The average Bonchev–Trinajstić information content (AvgIpc) is 2.86. The first-order valence-corrected chi connectivity index (χ1v) is 11.2. The van der Waals surface area contributed by atoms with Crippen LogP contribution in [0.2, 0.25) is 0 Å². The van der Waals surface area contributed by atoms with E-state index in [4.69, 9.17) is 0 Å². The summed E-state index contributed by atoms with van der Waals surface area (Å²) in [5.74, 6) is -0.132. The Bertz CT molecular complexity index is 1040. The van der Waals surface area contributed by atoms with Gasteiger partial charge in [-0.1, -0.05) is 59.8 Å². The van der Waals surface area contributed by atoms with Gasteiger partial charge in [0.1, 0.15) is 7.11 Å². The van der Waals surface area contributed by atoms with E-state index in [1.54, 1.807) is 18.3 Å². The van der Waals surface area contributed by atoms with Crippen molar-refractivity contribution in [3.05, 3.63) is 101 Å². The van der Waals surface area contributed by atoms with E-state index in [0.717, 1.165) is 50.5 Å². The van der Waals surface area contributed by atoms with Crippen LogP contribution in [0.5, 0.6) is 0 Å². The molecule has 1 N–H and O–H groups in total. The minimum absolute atomic E-state index is 0.132. The van der Waals surface area contributed by atoms with Crippen LogP contribution in [0.25, 0.3) is 0 Å². The molecule has 170 valence electrons. The first-order valence-electron chi connectivity index (χ1n) is 11.2. The van der Waals surface area contributed by atoms with E-state index in [1.165, 1.54) is 18.2 Å². The molecule has 1 aliphatic heterocycles. The molecule has 1 heterocycles. The molecule has 0 bridgehead atoms. The van der Waals surface area contributed by atoms with E-state index in [2.05, 4.69) is 67.6 Å². The number of rotatable bonds is 8. The minimum Gasteiger partial charge on any atom is -0.399 e. The predicted molar refractivity (Wildman–Crippen MR) is 132 cm³/mol. The van der Waals surface area contributed by atoms with Gasteiger partial charge in [0.05, 0.1) is 6.21 Å². The van der Waals surface area contributed by atoms with Gasteiger partial charge in [-0.05, 0) is 41.0 Å². The number of anilines is 1. The quantitative estimate of drug-likeness (QED) is 0.419. The summed E-state index contributed by atoms with van der Waals surface area (Å²) in [6.45, 7) is 6.25. The van der Waals surface area contributed by atoms with Crippen LogP contribution < -0.4 is 5.32 Å². The number of amides is 1. The lowest BCUT2D eigenvalue weighted by atomic mass is 10.1. The molecule has 1 amide bonds. The van der Waals surface area contributed by atoms with Gasteiger partial charge in [-0.15, -0.1) is 0 Å². The summed E-state index contributed by atoms with van der Waals surface area (Å²) in [7, 11) is 1.50. The number of hydrogen-bond acceptors (Lipinski definition) is 5. The maximum Gasteiger partial charge on any atom is 0.255 e. The maximum atomic E-state index is 12.5. The van der Waals surface area contributed by atoms with Gasteiger partial charge in [-0.3, -0.25) is 14.6 Å². The van der Waals surface area contributed by atoms with E-state index in [9.17, 15) is 4.79 Å². The van der Waals surface area contributed by atoms with Crippen molar-refractivity contribution in [2.45, 2.75) is 13.1 Å². The highest BCUT2D eigenvalue weighted by Gasteiger charge is 2.17. The fourth-order valence-corrected chi connectivity index (χ4v) is 3.94. The molecule has 6 nitrogen and oxygen atoms in total. The number of nitrogens with zero attached hydrogens (tertiary/aromatic N) is 3. The third-order valence-corrected chi connectivity index (χ3v) is 5.81. The van der Waals surface area contributed by atoms with Gasteiger partial charge in [0.25, 0.3) is 5.91 Å². The van der Waals surface area contributed by atoms with Crippen molar-refractivity contribution < 1.29 is 9.63 Å². The predicted octanol–water partition coefficient (Wildman–Crippen LogP) is 4.24. The summed E-state index contributed by atoms with van der Waals surface area (Å²) in [4.78, 5) is 22.2. The molecule has 1 saturated heterocycles.